The molecule has 0 spiro atoms. The van der Waals surface area contributed by atoms with Crippen LogP contribution in [0.25, 0.3) is 0 Å². The lowest BCUT2D eigenvalue weighted by Crippen LogP contribution is -2.30. The molecule has 2 aromatic rings. The molecule has 7 nitrogen and oxygen atoms in total. The second-order valence-corrected chi connectivity index (χ2v) is 4.73. The predicted octanol–water partition coefficient (Wildman–Crippen LogP) is 1.39. The number of aromatic nitrogens is 2. The van der Waals surface area contributed by atoms with Gasteiger partial charge in [0, 0.05) is 11.7 Å². The quantitative estimate of drug-likeness (QED) is 0.866. The largest absolute Gasteiger partial charge is 0.346 e. The van der Waals surface area contributed by atoms with E-state index in [-0.39, 0.29) is 30.1 Å². The number of carbonyl (C=O) groups is 2. The van der Waals surface area contributed by atoms with Gasteiger partial charge in [0.1, 0.15) is 0 Å². The number of amides is 2. The van der Waals surface area contributed by atoms with E-state index in [1.807, 2.05) is 32.0 Å². The van der Waals surface area contributed by atoms with E-state index in [9.17, 15) is 9.59 Å². The van der Waals surface area contributed by atoms with Crippen LogP contribution >= 0.6 is 0 Å². The minimum Gasteiger partial charge on any atom is -0.346 e. The highest BCUT2D eigenvalue weighted by Gasteiger charge is 2.17. The smallest absolute Gasteiger partial charge is 0.315 e. The van der Waals surface area contributed by atoms with Crippen LogP contribution in [0.1, 0.15) is 30.4 Å². The zero-order valence-electron chi connectivity index (χ0n) is 11.8. The summed E-state index contributed by atoms with van der Waals surface area (Å²) in [7, 11) is 0. The van der Waals surface area contributed by atoms with Crippen molar-refractivity contribution in [2.24, 2.45) is 0 Å². The Balaban J connectivity index is 1.93. The zero-order valence-corrected chi connectivity index (χ0v) is 11.8. The van der Waals surface area contributed by atoms with Gasteiger partial charge < -0.3 is 15.2 Å². The van der Waals surface area contributed by atoms with Crippen molar-refractivity contribution >= 4 is 17.5 Å². The minimum atomic E-state index is -0.452. The molecule has 0 atom stereocenters. The average Bonchev–Trinajstić information content (AvgIpc) is 2.87. The first kappa shape index (κ1) is 14.7. The summed E-state index contributed by atoms with van der Waals surface area (Å²) in [5.41, 5.74) is 0.684. The number of rotatable bonds is 5. The second kappa shape index (κ2) is 6.65. The van der Waals surface area contributed by atoms with Crippen molar-refractivity contribution in [3.05, 3.63) is 42.0 Å². The molecular formula is C14H16N4O3. The van der Waals surface area contributed by atoms with Crippen LogP contribution < -0.4 is 10.6 Å². The van der Waals surface area contributed by atoms with Gasteiger partial charge in [0.25, 0.3) is 0 Å². The molecule has 2 N–H and O–H groups in total. The van der Waals surface area contributed by atoms with E-state index >= 15 is 0 Å². The SMILES string of the molecule is CC(C)NC(=O)c1nc(CC(=O)Nc2ccccc2)no1. The Kier molecular flexibility index (Phi) is 4.65. The summed E-state index contributed by atoms with van der Waals surface area (Å²) >= 11 is 0. The molecule has 0 aliphatic rings. The Bertz CT molecular complexity index is 622. The maximum atomic E-state index is 11.8. The number of hydrogen-bond donors (Lipinski definition) is 2. The summed E-state index contributed by atoms with van der Waals surface area (Å²) in [6.45, 7) is 3.64. The van der Waals surface area contributed by atoms with Gasteiger partial charge in [-0.1, -0.05) is 23.4 Å². The average molecular weight is 288 g/mol. The first-order valence-electron chi connectivity index (χ1n) is 6.53. The Morgan fingerprint density at radius 2 is 1.95 bits per heavy atom. The summed E-state index contributed by atoms with van der Waals surface area (Å²) in [6.07, 6.45) is -0.0621. The van der Waals surface area contributed by atoms with E-state index < -0.39 is 5.91 Å². The van der Waals surface area contributed by atoms with Crippen LogP contribution in [0.4, 0.5) is 5.69 Å². The van der Waals surface area contributed by atoms with Crippen molar-refractivity contribution in [2.45, 2.75) is 26.3 Å². The van der Waals surface area contributed by atoms with E-state index in [0.717, 1.165) is 0 Å². The van der Waals surface area contributed by atoms with E-state index in [0.29, 0.717) is 5.69 Å². The fraction of sp³-hybridized carbons (Fsp3) is 0.286. The molecule has 110 valence electrons. The van der Waals surface area contributed by atoms with Crippen LogP contribution in [-0.2, 0) is 11.2 Å². The number of anilines is 1. The first-order valence-corrected chi connectivity index (χ1v) is 6.53. The summed E-state index contributed by atoms with van der Waals surface area (Å²) < 4.78 is 4.83. The molecule has 0 unspecified atom stereocenters. The summed E-state index contributed by atoms with van der Waals surface area (Å²) in [4.78, 5) is 27.3. The number of para-hydroxylation sites is 1. The maximum Gasteiger partial charge on any atom is 0.315 e. The van der Waals surface area contributed by atoms with E-state index in [1.165, 1.54) is 0 Å². The van der Waals surface area contributed by atoms with Gasteiger partial charge in [-0.25, -0.2) is 0 Å². The van der Waals surface area contributed by atoms with Crippen LogP contribution in [0.2, 0.25) is 0 Å². The fourth-order valence-corrected chi connectivity index (χ4v) is 1.61. The Labute approximate surface area is 121 Å². The van der Waals surface area contributed by atoms with Gasteiger partial charge >= 0.3 is 11.8 Å². The molecule has 0 saturated carbocycles. The molecule has 0 fully saturated rings. The Hall–Kier alpha value is -2.70. The molecule has 2 amide bonds. The van der Waals surface area contributed by atoms with Gasteiger partial charge in [0.15, 0.2) is 5.82 Å². The normalized spacial score (nSPS) is 10.4. The number of nitrogens with one attached hydrogen (secondary N) is 2. The molecule has 0 saturated heterocycles. The standard InChI is InChI=1S/C14H16N4O3/c1-9(2)15-13(20)14-17-11(18-21-14)8-12(19)16-10-6-4-3-5-7-10/h3-7,9H,8H2,1-2H3,(H,15,20)(H,16,19). The van der Waals surface area contributed by atoms with Gasteiger partial charge in [-0.05, 0) is 26.0 Å². The van der Waals surface area contributed by atoms with Crippen LogP contribution in [-0.4, -0.2) is 28.0 Å². The van der Waals surface area contributed by atoms with Crippen molar-refractivity contribution in [3.63, 3.8) is 0 Å². The summed E-state index contributed by atoms with van der Waals surface area (Å²) in [5.74, 6) is -0.714. The lowest BCUT2D eigenvalue weighted by molar-refractivity contribution is -0.115. The highest BCUT2D eigenvalue weighted by molar-refractivity contribution is 5.92. The summed E-state index contributed by atoms with van der Waals surface area (Å²) in [5, 5.41) is 8.95. The van der Waals surface area contributed by atoms with Gasteiger partial charge in [0.2, 0.25) is 5.91 Å². The van der Waals surface area contributed by atoms with Crippen LogP contribution in [0, 0.1) is 0 Å². The topological polar surface area (TPSA) is 97.1 Å². The van der Waals surface area contributed by atoms with Crippen molar-refractivity contribution in [2.75, 3.05) is 5.32 Å². The minimum absolute atomic E-state index is 0.0331. The van der Waals surface area contributed by atoms with E-state index in [4.69, 9.17) is 4.52 Å². The number of benzene rings is 1. The number of carbonyl (C=O) groups excluding carboxylic acids is 2. The Morgan fingerprint density at radius 1 is 1.24 bits per heavy atom. The molecule has 0 aliphatic carbocycles. The van der Waals surface area contributed by atoms with Crippen molar-refractivity contribution in [3.8, 4) is 0 Å². The maximum absolute atomic E-state index is 11.8. The number of nitrogens with zero attached hydrogens (tertiary/aromatic N) is 2. The van der Waals surface area contributed by atoms with Crippen molar-refractivity contribution in [1.29, 1.82) is 0 Å². The predicted molar refractivity (Wildman–Crippen MR) is 75.7 cm³/mol. The van der Waals surface area contributed by atoms with Crippen LogP contribution in [0.15, 0.2) is 34.9 Å². The lowest BCUT2D eigenvalue weighted by Gasteiger charge is -2.03. The Morgan fingerprint density at radius 3 is 2.62 bits per heavy atom. The van der Waals surface area contributed by atoms with Crippen LogP contribution in [0.3, 0.4) is 0 Å². The van der Waals surface area contributed by atoms with Crippen molar-refractivity contribution in [1.82, 2.24) is 15.5 Å². The number of hydrogen-bond acceptors (Lipinski definition) is 5. The second-order valence-electron chi connectivity index (χ2n) is 4.73. The molecule has 7 heteroatoms. The molecule has 21 heavy (non-hydrogen) atoms. The zero-order chi connectivity index (χ0) is 15.2. The van der Waals surface area contributed by atoms with Gasteiger partial charge in [-0.2, -0.15) is 4.98 Å². The van der Waals surface area contributed by atoms with Gasteiger partial charge in [0.05, 0.1) is 6.42 Å². The summed E-state index contributed by atoms with van der Waals surface area (Å²) in [6, 6.07) is 9.00. The third-order valence-electron chi connectivity index (χ3n) is 2.46. The molecular weight excluding hydrogens is 272 g/mol. The molecule has 0 aliphatic heterocycles. The molecule has 2 rings (SSSR count). The van der Waals surface area contributed by atoms with Crippen molar-refractivity contribution < 1.29 is 14.1 Å². The highest BCUT2D eigenvalue weighted by atomic mass is 16.5. The van der Waals surface area contributed by atoms with E-state index in [1.54, 1.807) is 12.1 Å². The third kappa shape index (κ3) is 4.41. The first-order chi connectivity index (χ1) is 10.0. The molecule has 1 heterocycles. The fourth-order valence-electron chi connectivity index (χ4n) is 1.61. The van der Waals surface area contributed by atoms with Crippen LogP contribution in [0.5, 0.6) is 0 Å². The lowest BCUT2D eigenvalue weighted by atomic mass is 10.3. The molecule has 0 radical (unpaired) electrons. The molecule has 1 aromatic heterocycles. The highest BCUT2D eigenvalue weighted by Crippen LogP contribution is 2.06. The monoisotopic (exact) mass is 288 g/mol. The third-order valence-corrected chi connectivity index (χ3v) is 2.46. The van der Waals surface area contributed by atoms with E-state index in [2.05, 4.69) is 20.8 Å². The molecule has 1 aromatic carbocycles. The van der Waals surface area contributed by atoms with Gasteiger partial charge in [-0.3, -0.25) is 9.59 Å². The molecule has 0 bridgehead atoms. The van der Waals surface area contributed by atoms with Gasteiger partial charge in [-0.15, -0.1) is 0 Å².